The number of hydrogen-bond acceptors (Lipinski definition) is 6. The standard InChI is InChI=1S/C26H18F4N4O3/c27-18-3-1-15(9-19(18)28)26(36)32-16-11-17(24(30)20(29)12-16)25(35)14-2-4-21-22(10-14)33-23(13-31-21)34-5-7-37-8-6-34/h1-4,9-13H,5-8H2,(H,32,36). The van der Waals surface area contributed by atoms with Gasteiger partial charge in [-0.15, -0.1) is 0 Å². The third-order valence-corrected chi connectivity index (χ3v) is 5.84. The molecule has 2 heterocycles. The van der Waals surface area contributed by atoms with Crippen LogP contribution < -0.4 is 10.2 Å². The van der Waals surface area contributed by atoms with Gasteiger partial charge in [-0.1, -0.05) is 0 Å². The van der Waals surface area contributed by atoms with E-state index >= 15 is 0 Å². The average molecular weight is 510 g/mol. The van der Waals surface area contributed by atoms with Crippen molar-refractivity contribution < 1.29 is 31.9 Å². The quantitative estimate of drug-likeness (QED) is 0.314. The van der Waals surface area contributed by atoms with Crippen molar-refractivity contribution in [2.75, 3.05) is 36.5 Å². The molecule has 11 heteroatoms. The number of halogens is 4. The van der Waals surface area contributed by atoms with E-state index in [1.165, 1.54) is 12.1 Å². The molecule has 0 saturated carbocycles. The number of fused-ring (bicyclic) bond motifs is 1. The van der Waals surface area contributed by atoms with Crippen LogP contribution in [0.4, 0.5) is 29.1 Å². The number of carbonyl (C=O) groups excluding carboxylic acids is 2. The second kappa shape index (κ2) is 9.94. The highest BCUT2D eigenvalue weighted by molar-refractivity contribution is 6.11. The summed E-state index contributed by atoms with van der Waals surface area (Å²) in [7, 11) is 0. The Morgan fingerprint density at radius 1 is 0.838 bits per heavy atom. The molecule has 1 N–H and O–H groups in total. The molecule has 5 rings (SSSR count). The topological polar surface area (TPSA) is 84.4 Å². The van der Waals surface area contributed by atoms with Gasteiger partial charge in [0.05, 0.1) is 36.0 Å². The van der Waals surface area contributed by atoms with E-state index in [1.807, 2.05) is 4.90 Å². The highest BCUT2D eigenvalue weighted by Gasteiger charge is 2.21. The minimum absolute atomic E-state index is 0.0308. The molecule has 7 nitrogen and oxygen atoms in total. The fourth-order valence-corrected chi connectivity index (χ4v) is 3.91. The number of benzene rings is 3. The lowest BCUT2D eigenvalue weighted by molar-refractivity contribution is 0.101. The van der Waals surface area contributed by atoms with Crippen molar-refractivity contribution in [2.24, 2.45) is 0 Å². The van der Waals surface area contributed by atoms with E-state index < -0.39 is 40.5 Å². The Hall–Kier alpha value is -4.38. The normalized spacial score (nSPS) is 13.6. The first-order valence-corrected chi connectivity index (χ1v) is 11.2. The predicted molar refractivity (Wildman–Crippen MR) is 127 cm³/mol. The maximum Gasteiger partial charge on any atom is 0.255 e. The molecule has 0 spiro atoms. The summed E-state index contributed by atoms with van der Waals surface area (Å²) in [6, 6.07) is 8.50. The number of carbonyl (C=O) groups is 2. The molecule has 0 atom stereocenters. The fourth-order valence-electron chi connectivity index (χ4n) is 3.91. The van der Waals surface area contributed by atoms with Gasteiger partial charge >= 0.3 is 0 Å². The summed E-state index contributed by atoms with van der Waals surface area (Å²) in [5, 5.41) is 2.27. The highest BCUT2D eigenvalue weighted by atomic mass is 19.2. The van der Waals surface area contributed by atoms with Crippen LogP contribution in [0.5, 0.6) is 0 Å². The van der Waals surface area contributed by atoms with Crippen molar-refractivity contribution in [3.63, 3.8) is 0 Å². The van der Waals surface area contributed by atoms with Gasteiger partial charge in [0.2, 0.25) is 0 Å². The number of rotatable bonds is 5. The van der Waals surface area contributed by atoms with Gasteiger partial charge in [0.15, 0.2) is 29.1 Å². The van der Waals surface area contributed by atoms with Crippen LogP contribution in [0.15, 0.2) is 54.7 Å². The molecular formula is C26H18F4N4O3. The molecule has 3 aromatic carbocycles. The van der Waals surface area contributed by atoms with E-state index in [0.29, 0.717) is 55.3 Å². The summed E-state index contributed by atoms with van der Waals surface area (Å²) in [5.74, 6) is -6.31. The minimum atomic E-state index is -1.40. The van der Waals surface area contributed by atoms with Gasteiger partial charge in [0.1, 0.15) is 5.82 Å². The molecule has 1 aliphatic rings. The van der Waals surface area contributed by atoms with Crippen LogP contribution in [0.2, 0.25) is 0 Å². The van der Waals surface area contributed by atoms with Gasteiger partial charge in [-0.3, -0.25) is 14.6 Å². The van der Waals surface area contributed by atoms with Crippen LogP contribution >= 0.6 is 0 Å². The van der Waals surface area contributed by atoms with Crippen molar-refractivity contribution in [3.8, 4) is 0 Å². The van der Waals surface area contributed by atoms with Crippen LogP contribution in [0.1, 0.15) is 26.3 Å². The molecular weight excluding hydrogens is 492 g/mol. The van der Waals surface area contributed by atoms with Gasteiger partial charge in [-0.25, -0.2) is 22.5 Å². The van der Waals surface area contributed by atoms with Crippen molar-refractivity contribution in [1.29, 1.82) is 0 Å². The number of morpholine rings is 1. The molecule has 0 bridgehead atoms. The molecule has 1 saturated heterocycles. The number of nitrogens with one attached hydrogen (secondary N) is 1. The van der Waals surface area contributed by atoms with E-state index in [1.54, 1.807) is 12.3 Å². The van der Waals surface area contributed by atoms with E-state index in [0.717, 1.165) is 18.2 Å². The summed E-state index contributed by atoms with van der Waals surface area (Å²) in [6.07, 6.45) is 1.61. The zero-order chi connectivity index (χ0) is 26.1. The summed E-state index contributed by atoms with van der Waals surface area (Å²) < 4.78 is 61.0. The third-order valence-electron chi connectivity index (χ3n) is 5.84. The van der Waals surface area contributed by atoms with E-state index in [4.69, 9.17) is 4.74 Å². The van der Waals surface area contributed by atoms with E-state index in [2.05, 4.69) is 15.3 Å². The molecule has 1 fully saturated rings. The van der Waals surface area contributed by atoms with Gasteiger partial charge < -0.3 is 15.0 Å². The largest absolute Gasteiger partial charge is 0.378 e. The first-order valence-electron chi connectivity index (χ1n) is 11.2. The molecule has 0 aliphatic carbocycles. The van der Waals surface area contributed by atoms with Crippen LogP contribution in [-0.4, -0.2) is 48.0 Å². The predicted octanol–water partition coefficient (Wildman–Crippen LogP) is 4.51. The highest BCUT2D eigenvalue weighted by Crippen LogP contribution is 2.24. The number of amides is 1. The zero-order valence-corrected chi connectivity index (χ0v) is 19.1. The smallest absolute Gasteiger partial charge is 0.255 e. The van der Waals surface area contributed by atoms with Crippen molar-refractivity contribution in [1.82, 2.24) is 9.97 Å². The van der Waals surface area contributed by atoms with Crippen molar-refractivity contribution >= 4 is 34.2 Å². The van der Waals surface area contributed by atoms with Gasteiger partial charge in [-0.05, 0) is 42.5 Å². The average Bonchev–Trinajstić information content (AvgIpc) is 2.91. The fraction of sp³-hybridized carbons (Fsp3) is 0.154. The SMILES string of the molecule is O=C(Nc1cc(F)c(F)c(C(=O)c2ccc3ncc(N4CCOCC4)nc3c2)c1)c1ccc(F)c(F)c1. The lowest BCUT2D eigenvalue weighted by Gasteiger charge is -2.27. The van der Waals surface area contributed by atoms with Gasteiger partial charge in [0, 0.05) is 36.0 Å². The summed E-state index contributed by atoms with van der Waals surface area (Å²) in [6.45, 7) is 2.36. The number of ether oxygens (including phenoxy) is 1. The van der Waals surface area contributed by atoms with Gasteiger partial charge in [0.25, 0.3) is 5.91 Å². The number of hydrogen-bond donors (Lipinski definition) is 1. The number of anilines is 2. The minimum Gasteiger partial charge on any atom is -0.378 e. The zero-order valence-electron chi connectivity index (χ0n) is 19.1. The van der Waals surface area contributed by atoms with E-state index in [9.17, 15) is 27.2 Å². The Kier molecular flexibility index (Phi) is 6.53. The monoisotopic (exact) mass is 510 g/mol. The first-order chi connectivity index (χ1) is 17.8. The molecule has 37 heavy (non-hydrogen) atoms. The van der Waals surface area contributed by atoms with Crippen LogP contribution in [-0.2, 0) is 4.74 Å². The lowest BCUT2D eigenvalue weighted by Crippen LogP contribution is -2.36. The second-order valence-corrected chi connectivity index (χ2v) is 8.26. The summed E-state index contributed by atoms with van der Waals surface area (Å²) in [4.78, 5) is 36.5. The van der Waals surface area contributed by atoms with Gasteiger partial charge in [-0.2, -0.15) is 0 Å². The molecule has 4 aromatic rings. The number of ketones is 1. The second-order valence-electron chi connectivity index (χ2n) is 8.26. The lowest BCUT2D eigenvalue weighted by atomic mass is 10.0. The summed E-state index contributed by atoms with van der Waals surface area (Å²) >= 11 is 0. The maximum atomic E-state index is 14.7. The first kappa shape index (κ1) is 24.3. The molecule has 1 aliphatic heterocycles. The van der Waals surface area contributed by atoms with E-state index in [-0.39, 0.29) is 16.8 Å². The molecule has 1 amide bonds. The Bertz CT molecular complexity index is 1540. The molecule has 0 unspecified atom stereocenters. The van der Waals surface area contributed by atoms with Crippen LogP contribution in [0.3, 0.4) is 0 Å². The molecule has 1 aromatic heterocycles. The molecule has 0 radical (unpaired) electrons. The molecule has 188 valence electrons. The summed E-state index contributed by atoms with van der Waals surface area (Å²) in [5.41, 5.74) is -0.195. The maximum absolute atomic E-state index is 14.7. The number of aromatic nitrogens is 2. The van der Waals surface area contributed by atoms with Crippen LogP contribution in [0, 0.1) is 23.3 Å². The Balaban J connectivity index is 1.44. The third kappa shape index (κ3) is 4.98. The van der Waals surface area contributed by atoms with Crippen molar-refractivity contribution in [3.05, 3.63) is 94.7 Å². The Labute approximate surface area is 207 Å². The Morgan fingerprint density at radius 3 is 2.35 bits per heavy atom. The Morgan fingerprint density at radius 2 is 1.59 bits per heavy atom. The van der Waals surface area contributed by atoms with Crippen LogP contribution in [0.25, 0.3) is 11.0 Å². The number of nitrogens with zero attached hydrogens (tertiary/aromatic N) is 3. The van der Waals surface area contributed by atoms with Crippen molar-refractivity contribution in [2.45, 2.75) is 0 Å².